The lowest BCUT2D eigenvalue weighted by molar-refractivity contribution is -0.135. The fraction of sp³-hybridized carbons (Fsp3) is 0.500. The molecule has 1 unspecified atom stereocenters. The number of rotatable bonds is 8. The highest BCUT2D eigenvalue weighted by Crippen LogP contribution is 2.37. The van der Waals surface area contributed by atoms with Crippen molar-refractivity contribution in [3.8, 4) is 11.5 Å². The largest absolute Gasteiger partial charge is 0.465 e. The number of aromatic nitrogens is 3. The summed E-state index contributed by atoms with van der Waals surface area (Å²) in [6, 6.07) is 6.66. The predicted molar refractivity (Wildman–Crippen MR) is 181 cm³/mol. The number of likely N-dealkylation sites (tertiary alicyclic amines) is 2. The molecule has 0 spiro atoms. The van der Waals surface area contributed by atoms with Crippen LogP contribution in [-0.4, -0.2) is 90.5 Å². The van der Waals surface area contributed by atoms with Gasteiger partial charge in [-0.2, -0.15) is 0 Å². The maximum absolute atomic E-state index is 14.5. The first-order chi connectivity index (χ1) is 23.6. The molecule has 4 heterocycles. The highest BCUT2D eigenvalue weighted by Gasteiger charge is 2.39. The molecule has 268 valence electrons. The lowest BCUT2D eigenvalue weighted by Crippen LogP contribution is -2.53. The summed E-state index contributed by atoms with van der Waals surface area (Å²) in [5, 5.41) is 13.2. The molecule has 2 aliphatic heterocycles. The molecule has 6 rings (SSSR count). The van der Waals surface area contributed by atoms with Crippen LogP contribution in [0.5, 0.6) is 0 Å². The summed E-state index contributed by atoms with van der Waals surface area (Å²) in [4.78, 5) is 49.7. The maximum Gasteiger partial charge on any atom is 0.408 e. The van der Waals surface area contributed by atoms with Gasteiger partial charge in [0.25, 0.3) is 0 Å². The first-order valence-corrected chi connectivity index (χ1v) is 17.0. The molecule has 2 aliphatic rings. The minimum atomic E-state index is -1.32. The number of ether oxygens (including phenoxy) is 1. The number of nitrogens with one attached hydrogen (secondary N) is 2. The quantitative estimate of drug-likeness (QED) is 0.189. The van der Waals surface area contributed by atoms with Crippen LogP contribution < -0.4 is 5.32 Å². The van der Waals surface area contributed by atoms with Gasteiger partial charge in [-0.25, -0.2) is 27.7 Å². The lowest BCUT2D eigenvalue weighted by Gasteiger charge is -2.32. The van der Waals surface area contributed by atoms with Gasteiger partial charge in [-0.05, 0) is 81.8 Å². The molecule has 2 saturated heterocycles. The predicted octanol–water partition coefficient (Wildman–Crippen LogP) is 6.64. The third-order valence-corrected chi connectivity index (χ3v) is 9.51. The number of aromatic amines is 1. The molecule has 2 aromatic carbocycles. The molecule has 3 amide bonds. The molecule has 4 atom stereocenters. The zero-order valence-electron chi connectivity index (χ0n) is 28.8. The van der Waals surface area contributed by atoms with Crippen molar-refractivity contribution >= 4 is 40.0 Å². The van der Waals surface area contributed by atoms with E-state index in [-0.39, 0.29) is 43.8 Å². The molecular weight excluding hydrogens is 653 g/mol. The van der Waals surface area contributed by atoms with E-state index in [1.807, 2.05) is 18.4 Å². The molecule has 0 bridgehead atoms. The normalized spacial score (nSPS) is 20.3. The van der Waals surface area contributed by atoms with E-state index >= 15 is 0 Å². The van der Waals surface area contributed by atoms with Crippen LogP contribution in [0.25, 0.3) is 33.5 Å². The molecule has 2 aromatic heterocycles. The van der Waals surface area contributed by atoms with Crippen molar-refractivity contribution in [2.75, 3.05) is 13.1 Å². The van der Waals surface area contributed by atoms with E-state index in [9.17, 15) is 32.7 Å². The lowest BCUT2D eigenvalue weighted by atomic mass is 10.00. The summed E-state index contributed by atoms with van der Waals surface area (Å²) in [5.41, 5.74) is 1.76. The number of imidazole rings is 1. The van der Waals surface area contributed by atoms with Gasteiger partial charge in [0, 0.05) is 48.6 Å². The Morgan fingerprint density at radius 1 is 1.08 bits per heavy atom. The summed E-state index contributed by atoms with van der Waals surface area (Å²) >= 11 is 0. The number of carboxylic acid groups (broad SMARTS) is 1. The number of amides is 3. The van der Waals surface area contributed by atoms with Crippen molar-refractivity contribution in [1.82, 2.24) is 29.7 Å². The van der Waals surface area contributed by atoms with Crippen LogP contribution >= 0.6 is 0 Å². The Hall–Kier alpha value is -4.75. The molecule has 4 aromatic rings. The van der Waals surface area contributed by atoms with Gasteiger partial charge in [-0.15, -0.1) is 0 Å². The van der Waals surface area contributed by atoms with E-state index in [2.05, 4.69) is 10.3 Å². The molecule has 0 radical (unpaired) electrons. The monoisotopic (exact) mass is 696 g/mol. The van der Waals surface area contributed by atoms with Gasteiger partial charge in [-0.1, -0.05) is 13.8 Å². The van der Waals surface area contributed by atoms with Gasteiger partial charge < -0.3 is 34.5 Å². The third-order valence-electron chi connectivity index (χ3n) is 9.51. The van der Waals surface area contributed by atoms with Crippen LogP contribution in [0.3, 0.4) is 0 Å². The number of halogens is 3. The second-order valence-corrected chi connectivity index (χ2v) is 14.7. The molecule has 0 aliphatic carbocycles. The molecule has 14 heteroatoms. The van der Waals surface area contributed by atoms with Gasteiger partial charge >= 0.3 is 12.2 Å². The fourth-order valence-corrected chi connectivity index (χ4v) is 7.29. The number of carbonyl (C=O) groups excluding carboxylic acids is 2. The topological polar surface area (TPSA) is 133 Å². The Balaban J connectivity index is 1.40. The van der Waals surface area contributed by atoms with Crippen molar-refractivity contribution in [3.63, 3.8) is 0 Å². The average molecular weight is 697 g/mol. The average Bonchev–Trinajstić information content (AvgIpc) is 3.79. The van der Waals surface area contributed by atoms with Crippen LogP contribution in [0, 0.1) is 17.6 Å². The zero-order valence-corrected chi connectivity index (χ0v) is 28.8. The summed E-state index contributed by atoms with van der Waals surface area (Å²) in [6.45, 7) is 9.43. The molecular formula is C36H43F3N6O5. The zero-order chi connectivity index (χ0) is 36.1. The van der Waals surface area contributed by atoms with Crippen molar-refractivity contribution in [3.05, 3.63) is 53.6 Å². The van der Waals surface area contributed by atoms with Crippen molar-refractivity contribution in [2.24, 2.45) is 5.92 Å². The highest BCUT2D eigenvalue weighted by molar-refractivity contribution is 5.92. The number of alkyl halides is 1. The van der Waals surface area contributed by atoms with Crippen molar-refractivity contribution in [2.45, 2.75) is 96.7 Å². The van der Waals surface area contributed by atoms with Crippen LogP contribution in [0.2, 0.25) is 0 Å². The summed E-state index contributed by atoms with van der Waals surface area (Å²) in [5.74, 6) is -1.06. The number of hydrogen-bond donors (Lipinski definition) is 3. The second-order valence-electron chi connectivity index (χ2n) is 14.7. The molecule has 50 heavy (non-hydrogen) atoms. The SMILES string of the molecule is CC(C)C(NC(=O)OC(C)(C)C)C(=O)N1CCC[C@H]1Cn1c(-c2[nH]c3cc(F)ccc3c2C[C@@H]2C[C@H](F)CN2C(=O)O)nc2cc(F)ccc21. The Kier molecular flexibility index (Phi) is 9.49. The fourth-order valence-electron chi connectivity index (χ4n) is 7.29. The minimum Gasteiger partial charge on any atom is -0.465 e. The summed E-state index contributed by atoms with van der Waals surface area (Å²) in [6.07, 6.45) is -1.71. The van der Waals surface area contributed by atoms with Gasteiger partial charge in [0.1, 0.15) is 29.4 Å². The van der Waals surface area contributed by atoms with E-state index < -0.39 is 47.7 Å². The van der Waals surface area contributed by atoms with E-state index in [0.29, 0.717) is 52.0 Å². The smallest absolute Gasteiger partial charge is 0.408 e. The number of benzene rings is 2. The standard InChI is InChI=1S/C36H43F3N6O5/c1-19(2)30(42-34(47)50-36(3,4)5)33(46)43-12-6-7-23(43)18-45-29-11-9-21(38)15-28(29)41-32(45)31-26(25-10-8-20(37)14-27(25)40-31)16-24-13-22(39)17-44(24)35(48)49/h8-11,14-15,19,22-24,30,40H,6-7,12-13,16-18H2,1-5H3,(H,42,47)(H,48,49)/t22-,23-,24-,30?/m0/s1. The number of nitrogens with zero attached hydrogens (tertiary/aromatic N) is 4. The van der Waals surface area contributed by atoms with Gasteiger partial charge in [0.05, 0.1) is 23.3 Å². The number of hydrogen-bond acceptors (Lipinski definition) is 5. The van der Waals surface area contributed by atoms with Gasteiger partial charge in [-0.3, -0.25) is 4.79 Å². The molecule has 3 N–H and O–H groups in total. The van der Waals surface area contributed by atoms with Crippen LogP contribution in [0.1, 0.15) is 59.4 Å². The summed E-state index contributed by atoms with van der Waals surface area (Å²) in [7, 11) is 0. The van der Waals surface area contributed by atoms with Crippen LogP contribution in [-0.2, 0) is 22.5 Å². The van der Waals surface area contributed by atoms with Crippen LogP contribution in [0.15, 0.2) is 36.4 Å². The first-order valence-electron chi connectivity index (χ1n) is 17.0. The number of carbonyl (C=O) groups is 3. The van der Waals surface area contributed by atoms with Crippen LogP contribution in [0.4, 0.5) is 22.8 Å². The Labute approximate surface area is 287 Å². The number of H-pyrrole nitrogens is 1. The van der Waals surface area contributed by atoms with E-state index in [4.69, 9.17) is 9.72 Å². The minimum absolute atomic E-state index is 0.00866. The third kappa shape index (κ3) is 7.10. The highest BCUT2D eigenvalue weighted by atomic mass is 19.1. The first kappa shape index (κ1) is 35.1. The van der Waals surface area contributed by atoms with E-state index in [1.165, 1.54) is 24.3 Å². The second kappa shape index (κ2) is 13.5. The van der Waals surface area contributed by atoms with Gasteiger partial charge in [0.2, 0.25) is 5.91 Å². The maximum atomic E-state index is 14.5. The van der Waals surface area contributed by atoms with Crippen molar-refractivity contribution < 1.29 is 37.4 Å². The molecule has 0 saturated carbocycles. The number of alkyl carbamates (subject to hydrolysis) is 1. The Bertz CT molecular complexity index is 1930. The Morgan fingerprint density at radius 3 is 2.50 bits per heavy atom. The number of fused-ring (bicyclic) bond motifs is 2. The summed E-state index contributed by atoms with van der Waals surface area (Å²) < 4.78 is 50.9. The van der Waals surface area contributed by atoms with E-state index in [0.717, 1.165) is 11.3 Å². The molecule has 2 fully saturated rings. The van der Waals surface area contributed by atoms with E-state index in [1.54, 1.807) is 37.8 Å². The van der Waals surface area contributed by atoms with Crippen molar-refractivity contribution in [1.29, 1.82) is 0 Å². The van der Waals surface area contributed by atoms with Gasteiger partial charge in [0.15, 0.2) is 5.82 Å². The molecule has 11 nitrogen and oxygen atoms in total. The Morgan fingerprint density at radius 2 is 1.80 bits per heavy atom.